The molecule has 1 aromatic carbocycles. The molecule has 3 fully saturated rings. The number of benzene rings is 1. The van der Waals surface area contributed by atoms with Gasteiger partial charge in [-0.2, -0.15) is 0 Å². The highest BCUT2D eigenvalue weighted by atomic mass is 32.2. The molecule has 0 aliphatic carbocycles. The van der Waals surface area contributed by atoms with Crippen molar-refractivity contribution in [2.75, 3.05) is 43.5 Å². The van der Waals surface area contributed by atoms with Crippen LogP contribution >= 0.6 is 11.8 Å². The molecule has 3 amide bonds. The quantitative estimate of drug-likeness (QED) is 0.492. The second-order valence-corrected chi connectivity index (χ2v) is 11.6. The molecule has 3 aliphatic heterocycles. The third-order valence-electron chi connectivity index (χ3n) is 7.87. The zero-order chi connectivity index (χ0) is 24.7. The van der Waals surface area contributed by atoms with Crippen molar-refractivity contribution < 1.29 is 19.5 Å². The molecule has 3 aliphatic rings. The molecule has 3 N–H and O–H groups in total. The molecular weight excluding hydrogens is 452 g/mol. The molecule has 8 nitrogen and oxygen atoms in total. The van der Waals surface area contributed by atoms with Gasteiger partial charge in [0.15, 0.2) is 0 Å². The maximum Gasteiger partial charge on any atom is 0.248 e. The molecule has 4 rings (SSSR count). The van der Waals surface area contributed by atoms with Crippen molar-refractivity contribution in [2.24, 2.45) is 11.8 Å². The lowest BCUT2D eigenvalue weighted by atomic mass is 9.66. The van der Waals surface area contributed by atoms with Crippen molar-refractivity contribution in [1.82, 2.24) is 10.2 Å². The average molecular weight is 489 g/mol. The number of nitrogens with zero attached hydrogens (tertiary/aromatic N) is 2. The third kappa shape index (κ3) is 3.77. The van der Waals surface area contributed by atoms with Crippen LogP contribution in [0.1, 0.15) is 40.0 Å². The average Bonchev–Trinajstić information content (AvgIpc) is 3.39. The van der Waals surface area contributed by atoms with Crippen molar-refractivity contribution in [1.29, 1.82) is 0 Å². The number of anilines is 2. The minimum Gasteiger partial charge on any atom is -0.396 e. The van der Waals surface area contributed by atoms with E-state index in [2.05, 4.69) is 36.3 Å². The van der Waals surface area contributed by atoms with E-state index in [1.54, 1.807) is 23.7 Å². The van der Waals surface area contributed by atoms with Gasteiger partial charge in [-0.05, 0) is 64.3 Å². The van der Waals surface area contributed by atoms with Crippen LogP contribution in [0.2, 0.25) is 0 Å². The molecule has 2 unspecified atom stereocenters. The first-order valence-corrected chi connectivity index (χ1v) is 13.1. The molecule has 9 heteroatoms. The second-order valence-electron chi connectivity index (χ2n) is 9.66. The van der Waals surface area contributed by atoms with Gasteiger partial charge in [0, 0.05) is 49.4 Å². The Hall–Kier alpha value is -2.26. The van der Waals surface area contributed by atoms with E-state index in [1.807, 2.05) is 24.3 Å². The predicted molar refractivity (Wildman–Crippen MR) is 135 cm³/mol. The lowest BCUT2D eigenvalue weighted by Gasteiger charge is -2.34. The Kier molecular flexibility index (Phi) is 6.88. The van der Waals surface area contributed by atoms with E-state index in [0.717, 1.165) is 25.2 Å². The highest BCUT2D eigenvalue weighted by Gasteiger charge is 2.76. The van der Waals surface area contributed by atoms with Gasteiger partial charge in [0.05, 0.1) is 16.6 Å². The first-order chi connectivity index (χ1) is 16.3. The summed E-state index contributed by atoms with van der Waals surface area (Å²) in [6.45, 7) is 8.30. The number of nitrogens with one attached hydrogen (secondary N) is 2. The number of aliphatic hydroxyl groups excluding tert-OH is 1. The largest absolute Gasteiger partial charge is 0.396 e. The molecular formula is C25H36N4O4S. The van der Waals surface area contributed by atoms with Gasteiger partial charge >= 0.3 is 0 Å². The van der Waals surface area contributed by atoms with Crippen molar-refractivity contribution in [2.45, 2.75) is 55.6 Å². The van der Waals surface area contributed by atoms with Gasteiger partial charge in [-0.3, -0.25) is 14.4 Å². The Bertz CT molecular complexity index is 953. The minimum atomic E-state index is -0.680. The van der Waals surface area contributed by atoms with Crippen LogP contribution in [0.3, 0.4) is 0 Å². The van der Waals surface area contributed by atoms with Crippen molar-refractivity contribution in [3.8, 4) is 0 Å². The summed E-state index contributed by atoms with van der Waals surface area (Å²) < 4.78 is -1.00. The number of carbonyl (C=O) groups excluding carboxylic acids is 3. The van der Waals surface area contributed by atoms with Crippen LogP contribution in [0.15, 0.2) is 24.3 Å². The van der Waals surface area contributed by atoms with Gasteiger partial charge < -0.3 is 25.5 Å². The number of hydrogen-bond donors (Lipinski definition) is 3. The summed E-state index contributed by atoms with van der Waals surface area (Å²) in [5, 5.41) is 15.2. The number of thioether (sulfide) groups is 1. The molecule has 186 valence electrons. The van der Waals surface area contributed by atoms with E-state index in [9.17, 15) is 19.5 Å². The Labute approximate surface area is 205 Å². The Morgan fingerprint density at radius 3 is 2.44 bits per heavy atom. The maximum absolute atomic E-state index is 13.7. The highest BCUT2D eigenvalue weighted by molar-refractivity contribution is 8.02. The number of hydrogen-bond acceptors (Lipinski definition) is 6. The van der Waals surface area contributed by atoms with E-state index in [4.69, 9.17) is 0 Å². The molecule has 3 saturated heterocycles. The molecule has 3 heterocycles. The SMILES string of the molecule is CCN(CC)c1ccc(NC(=O)C2N(CCCO)C(=O)[C@@H]3[C@@H](C(=O)NC)[C@@]4(C)CCC23S4)cc1. The van der Waals surface area contributed by atoms with Gasteiger partial charge in [-0.1, -0.05) is 0 Å². The number of rotatable bonds is 9. The Morgan fingerprint density at radius 1 is 1.18 bits per heavy atom. The number of likely N-dealkylation sites (tertiary alicyclic amines) is 1. The van der Waals surface area contributed by atoms with Gasteiger partial charge in [0.1, 0.15) is 6.04 Å². The fraction of sp³-hybridized carbons (Fsp3) is 0.640. The van der Waals surface area contributed by atoms with Gasteiger partial charge in [0.25, 0.3) is 0 Å². The van der Waals surface area contributed by atoms with Crippen LogP contribution < -0.4 is 15.5 Å². The first-order valence-electron chi connectivity index (χ1n) is 12.2. The Balaban J connectivity index is 1.64. The van der Waals surface area contributed by atoms with E-state index in [0.29, 0.717) is 25.1 Å². The smallest absolute Gasteiger partial charge is 0.248 e. The fourth-order valence-corrected chi connectivity index (χ4v) is 8.68. The van der Waals surface area contributed by atoms with E-state index in [-0.39, 0.29) is 29.1 Å². The number of fused-ring (bicyclic) bond motifs is 1. The third-order valence-corrected chi connectivity index (χ3v) is 9.86. The molecule has 1 aromatic rings. The zero-order valence-electron chi connectivity index (χ0n) is 20.5. The fourth-order valence-electron chi connectivity index (χ4n) is 6.32. The lowest BCUT2D eigenvalue weighted by molar-refractivity contribution is -0.140. The minimum absolute atomic E-state index is 0.0632. The first kappa shape index (κ1) is 24.9. The normalized spacial score (nSPS) is 31.5. The molecule has 34 heavy (non-hydrogen) atoms. The van der Waals surface area contributed by atoms with Crippen LogP contribution in [-0.2, 0) is 14.4 Å². The lowest BCUT2D eigenvalue weighted by Crippen LogP contribution is -2.52. The Morgan fingerprint density at radius 2 is 1.85 bits per heavy atom. The summed E-state index contributed by atoms with van der Waals surface area (Å²) in [5.74, 6) is -1.50. The summed E-state index contributed by atoms with van der Waals surface area (Å²) >= 11 is 1.65. The van der Waals surface area contributed by atoms with E-state index < -0.39 is 22.6 Å². The van der Waals surface area contributed by atoms with Crippen LogP contribution in [0.25, 0.3) is 0 Å². The standard InChI is InChI=1S/C25H36N4O4S/c1-5-28(6-2)17-10-8-16(9-11-17)27-22(32)20-25-13-12-24(3,34-25)18(21(31)26-4)19(25)23(33)29(20)14-7-15-30/h8-11,18-20,30H,5-7,12-15H2,1-4H3,(H,26,31)(H,27,32)/t18-,19-,20?,24+,25?/m0/s1. The number of amides is 3. The van der Waals surface area contributed by atoms with Gasteiger partial charge in [-0.25, -0.2) is 0 Å². The molecule has 0 aromatic heterocycles. The topological polar surface area (TPSA) is 102 Å². The summed E-state index contributed by atoms with van der Waals surface area (Å²) in [6, 6.07) is 7.09. The van der Waals surface area contributed by atoms with Crippen LogP contribution in [0, 0.1) is 11.8 Å². The highest BCUT2D eigenvalue weighted by Crippen LogP contribution is 2.71. The zero-order valence-corrected chi connectivity index (χ0v) is 21.3. The van der Waals surface area contributed by atoms with Crippen molar-refractivity contribution in [3.63, 3.8) is 0 Å². The van der Waals surface area contributed by atoms with Crippen molar-refractivity contribution >= 4 is 40.9 Å². The summed E-state index contributed by atoms with van der Waals surface area (Å²) in [7, 11) is 1.60. The number of carbonyl (C=O) groups is 3. The van der Waals surface area contributed by atoms with Gasteiger partial charge in [0.2, 0.25) is 17.7 Å². The molecule has 0 radical (unpaired) electrons. The van der Waals surface area contributed by atoms with Gasteiger partial charge in [-0.15, -0.1) is 11.8 Å². The molecule has 2 bridgehead atoms. The van der Waals surface area contributed by atoms with Crippen LogP contribution in [0.5, 0.6) is 0 Å². The molecule has 0 saturated carbocycles. The predicted octanol–water partition coefficient (Wildman–Crippen LogP) is 2.08. The molecule has 1 spiro atoms. The maximum atomic E-state index is 13.7. The molecule has 5 atom stereocenters. The monoisotopic (exact) mass is 488 g/mol. The summed E-state index contributed by atoms with van der Waals surface area (Å²) in [4.78, 5) is 44.1. The van der Waals surface area contributed by atoms with Crippen LogP contribution in [0.4, 0.5) is 11.4 Å². The van der Waals surface area contributed by atoms with E-state index in [1.165, 1.54) is 0 Å². The number of aliphatic hydroxyl groups is 1. The second kappa shape index (κ2) is 9.41. The summed E-state index contributed by atoms with van der Waals surface area (Å²) in [6.07, 6.45) is 1.89. The van der Waals surface area contributed by atoms with Crippen LogP contribution in [-0.4, -0.2) is 76.6 Å². The summed E-state index contributed by atoms with van der Waals surface area (Å²) in [5.41, 5.74) is 1.77. The van der Waals surface area contributed by atoms with E-state index >= 15 is 0 Å². The van der Waals surface area contributed by atoms with Crippen molar-refractivity contribution in [3.05, 3.63) is 24.3 Å².